The van der Waals surface area contributed by atoms with Crippen molar-refractivity contribution in [3.63, 3.8) is 0 Å². The van der Waals surface area contributed by atoms with Gasteiger partial charge in [-0.2, -0.15) is 0 Å². The van der Waals surface area contributed by atoms with Crippen LogP contribution in [0.15, 0.2) is 23.8 Å². The van der Waals surface area contributed by atoms with E-state index in [1.165, 1.54) is 12.5 Å². The molecule has 6 nitrogen and oxygen atoms in total. The number of carbonyl (C=O) groups is 3. The number of esters is 1. The zero-order valence-corrected chi connectivity index (χ0v) is 16.9. The maximum atomic E-state index is 12.9. The van der Waals surface area contributed by atoms with Crippen molar-refractivity contribution in [2.24, 2.45) is 34.5 Å². The Balaban J connectivity index is 1.49. The van der Waals surface area contributed by atoms with Gasteiger partial charge in [0.25, 0.3) is 0 Å². The first-order valence-electron chi connectivity index (χ1n) is 10.7. The highest BCUT2D eigenvalue weighted by Crippen LogP contribution is 2.70. The number of ether oxygens (including phenoxy) is 2. The van der Waals surface area contributed by atoms with Crippen LogP contribution in [0.5, 0.6) is 0 Å². The first-order chi connectivity index (χ1) is 13.8. The maximum absolute atomic E-state index is 12.9. The van der Waals surface area contributed by atoms with Crippen LogP contribution in [0.2, 0.25) is 0 Å². The average Bonchev–Trinajstić information content (AvgIpc) is 3.19. The van der Waals surface area contributed by atoms with Gasteiger partial charge in [-0.05, 0) is 56.1 Å². The van der Waals surface area contributed by atoms with E-state index in [4.69, 9.17) is 9.47 Å². The van der Waals surface area contributed by atoms with E-state index in [1.807, 2.05) is 6.08 Å². The number of allylic oxidation sites excluding steroid dienone is 4. The number of hydrogen-bond donors (Lipinski definition) is 1. The molecule has 6 heteroatoms. The normalized spacial score (nSPS) is 47.1. The van der Waals surface area contributed by atoms with E-state index in [0.29, 0.717) is 18.8 Å². The monoisotopic (exact) mass is 400 g/mol. The second-order valence-corrected chi connectivity index (χ2v) is 9.74. The molecule has 0 radical (unpaired) electrons. The molecular formula is C23H28O6. The van der Waals surface area contributed by atoms with Crippen molar-refractivity contribution in [1.82, 2.24) is 0 Å². The molecule has 5 rings (SSSR count). The molecule has 1 unspecified atom stereocenters. The average molecular weight is 400 g/mol. The van der Waals surface area contributed by atoms with Gasteiger partial charge in [0.05, 0.1) is 6.10 Å². The first kappa shape index (κ1) is 19.2. The van der Waals surface area contributed by atoms with Crippen LogP contribution in [0, 0.1) is 34.5 Å². The molecule has 1 aliphatic heterocycles. The highest BCUT2D eigenvalue weighted by Gasteiger charge is 2.71. The van der Waals surface area contributed by atoms with Crippen molar-refractivity contribution in [3.8, 4) is 0 Å². The molecule has 29 heavy (non-hydrogen) atoms. The van der Waals surface area contributed by atoms with Gasteiger partial charge in [-0.3, -0.25) is 14.4 Å². The van der Waals surface area contributed by atoms with Gasteiger partial charge in [-0.25, -0.2) is 0 Å². The fourth-order valence-corrected chi connectivity index (χ4v) is 7.60. The Morgan fingerprint density at radius 3 is 2.86 bits per heavy atom. The van der Waals surface area contributed by atoms with Gasteiger partial charge in [-0.1, -0.05) is 18.6 Å². The number of fused-ring (bicyclic) bond motifs is 6. The van der Waals surface area contributed by atoms with Gasteiger partial charge >= 0.3 is 5.97 Å². The summed E-state index contributed by atoms with van der Waals surface area (Å²) in [5.74, 6) is -0.103. The molecule has 1 saturated heterocycles. The smallest absolute Gasteiger partial charge is 0.303 e. The fourth-order valence-electron chi connectivity index (χ4n) is 7.60. The summed E-state index contributed by atoms with van der Waals surface area (Å²) in [5.41, 5.74) is 0.357. The van der Waals surface area contributed by atoms with E-state index >= 15 is 0 Å². The van der Waals surface area contributed by atoms with E-state index in [1.54, 1.807) is 12.2 Å². The maximum Gasteiger partial charge on any atom is 0.303 e. The lowest BCUT2D eigenvalue weighted by Crippen LogP contribution is -2.55. The lowest BCUT2D eigenvalue weighted by atomic mass is 9.47. The first-order valence-corrected chi connectivity index (χ1v) is 10.7. The highest BCUT2D eigenvalue weighted by molar-refractivity contribution is 6.01. The second-order valence-electron chi connectivity index (χ2n) is 9.74. The van der Waals surface area contributed by atoms with E-state index < -0.39 is 17.7 Å². The molecule has 2 bridgehead atoms. The second kappa shape index (κ2) is 6.35. The summed E-state index contributed by atoms with van der Waals surface area (Å²) < 4.78 is 11.1. The minimum atomic E-state index is -0.970. The van der Waals surface area contributed by atoms with Gasteiger partial charge < -0.3 is 14.6 Å². The topological polar surface area (TPSA) is 89.9 Å². The molecule has 8 atom stereocenters. The Hall–Kier alpha value is -1.79. The quantitative estimate of drug-likeness (QED) is 0.732. The van der Waals surface area contributed by atoms with Gasteiger partial charge in [0.1, 0.15) is 6.61 Å². The highest BCUT2D eigenvalue weighted by atomic mass is 16.6. The zero-order chi connectivity index (χ0) is 20.6. The summed E-state index contributed by atoms with van der Waals surface area (Å²) in [6, 6.07) is 0. The predicted molar refractivity (Wildman–Crippen MR) is 102 cm³/mol. The third-order valence-corrected chi connectivity index (χ3v) is 8.65. The van der Waals surface area contributed by atoms with Crippen LogP contribution in [0.4, 0.5) is 0 Å². The van der Waals surface area contributed by atoms with Crippen LogP contribution in [0.25, 0.3) is 0 Å². The molecule has 0 amide bonds. The van der Waals surface area contributed by atoms with Crippen LogP contribution in [0.1, 0.15) is 46.0 Å². The molecule has 0 aromatic rings. The number of rotatable bonds is 3. The summed E-state index contributed by atoms with van der Waals surface area (Å²) in [7, 11) is 0. The van der Waals surface area contributed by atoms with Crippen LogP contribution in [-0.2, 0) is 23.9 Å². The van der Waals surface area contributed by atoms with Crippen molar-refractivity contribution in [3.05, 3.63) is 23.8 Å². The lowest BCUT2D eigenvalue weighted by molar-refractivity contribution is -0.163. The summed E-state index contributed by atoms with van der Waals surface area (Å²) in [5, 5.41) is 11.1. The number of carbonyl (C=O) groups excluding carboxylic acids is 3. The molecular weight excluding hydrogens is 372 g/mol. The van der Waals surface area contributed by atoms with E-state index in [0.717, 1.165) is 19.3 Å². The third kappa shape index (κ3) is 2.51. The number of aliphatic hydroxyl groups is 1. The minimum Gasteiger partial charge on any atom is -0.458 e. The van der Waals surface area contributed by atoms with Gasteiger partial charge in [0.2, 0.25) is 0 Å². The van der Waals surface area contributed by atoms with Crippen molar-refractivity contribution < 1.29 is 29.0 Å². The number of hydrogen-bond acceptors (Lipinski definition) is 6. The summed E-state index contributed by atoms with van der Waals surface area (Å²) in [4.78, 5) is 36.0. The molecule has 1 N–H and O–H groups in total. The van der Waals surface area contributed by atoms with Gasteiger partial charge in [-0.15, -0.1) is 0 Å². The van der Waals surface area contributed by atoms with Crippen molar-refractivity contribution in [2.45, 2.75) is 58.3 Å². The molecule has 1 heterocycles. The third-order valence-electron chi connectivity index (χ3n) is 8.65. The van der Waals surface area contributed by atoms with Crippen molar-refractivity contribution in [2.75, 3.05) is 6.61 Å². The van der Waals surface area contributed by atoms with Crippen LogP contribution in [0.3, 0.4) is 0 Å². The summed E-state index contributed by atoms with van der Waals surface area (Å²) >= 11 is 0. The van der Waals surface area contributed by atoms with Crippen LogP contribution < -0.4 is 0 Å². The molecule has 1 spiro atoms. The largest absolute Gasteiger partial charge is 0.458 e. The molecule has 156 valence electrons. The van der Waals surface area contributed by atoms with Crippen molar-refractivity contribution in [1.29, 1.82) is 0 Å². The Bertz CT molecular complexity index is 842. The summed E-state index contributed by atoms with van der Waals surface area (Å²) in [6.45, 7) is 3.27. The van der Waals surface area contributed by atoms with E-state index in [2.05, 4.69) is 6.92 Å². The molecule has 4 aliphatic carbocycles. The number of aliphatic hydroxyl groups excluding tert-OH is 1. The van der Waals surface area contributed by atoms with E-state index in [9.17, 15) is 19.5 Å². The molecule has 0 aromatic carbocycles. The molecule has 3 saturated carbocycles. The SMILES string of the molecule is CC(=O)OCC(=O)[C@@H]1CC[C@@H]2[C@H]3CCC4=CC(=O)C=C[C@]4(C)[C@@H]3[C@H]3C[C@]21C(O)O3. The van der Waals surface area contributed by atoms with Gasteiger partial charge in [0, 0.05) is 29.6 Å². The van der Waals surface area contributed by atoms with Crippen LogP contribution >= 0.6 is 0 Å². The Morgan fingerprint density at radius 2 is 2.10 bits per heavy atom. The molecule has 4 fully saturated rings. The molecule has 0 aromatic heterocycles. The standard InChI is InChI=1S/C23H28O6/c1-12(24)28-11-18(26)17-6-5-16-15-4-3-13-9-14(25)7-8-22(13,2)20(15)19-10-23(16,17)21(27)29-19/h7-9,15-17,19-21,27H,3-6,10-11H2,1-2H3/t15-,16-,17+,19-,20+,21?,22+,23+/m1/s1. The van der Waals surface area contributed by atoms with Crippen molar-refractivity contribution >= 4 is 17.5 Å². The minimum absolute atomic E-state index is 0.0467. The Kier molecular flexibility index (Phi) is 4.20. The Morgan fingerprint density at radius 1 is 1.31 bits per heavy atom. The van der Waals surface area contributed by atoms with Gasteiger partial charge in [0.15, 0.2) is 17.9 Å². The zero-order valence-electron chi connectivity index (χ0n) is 16.9. The fraction of sp³-hybridized carbons (Fsp3) is 0.696. The molecule has 5 aliphatic rings. The predicted octanol–water partition coefficient (Wildman–Crippen LogP) is 2.35. The summed E-state index contributed by atoms with van der Waals surface area (Å²) in [6.07, 6.45) is 8.44. The number of Topliss-reactive ketones (excluding diaryl/α,β-unsaturated/α-hetero) is 1. The number of ketones is 2. The van der Waals surface area contributed by atoms with E-state index in [-0.39, 0.29) is 47.4 Å². The Labute approximate surface area is 170 Å². The lowest BCUT2D eigenvalue weighted by Gasteiger charge is -2.56. The van der Waals surface area contributed by atoms with Crippen LogP contribution in [-0.4, -0.2) is 41.6 Å².